The van der Waals surface area contributed by atoms with E-state index in [4.69, 9.17) is 0 Å². The predicted octanol–water partition coefficient (Wildman–Crippen LogP) is 5.07. The first kappa shape index (κ1) is 20.7. The summed E-state index contributed by atoms with van der Waals surface area (Å²) in [6.45, 7) is 5.60. The molecule has 0 bridgehead atoms. The lowest BCUT2D eigenvalue weighted by molar-refractivity contribution is 0.234. The average molecular weight is 400 g/mol. The van der Waals surface area contributed by atoms with E-state index in [1.807, 2.05) is 0 Å². The lowest BCUT2D eigenvalue weighted by atomic mass is 10.1. The molecule has 3 aromatic rings. The van der Waals surface area contributed by atoms with Gasteiger partial charge in [-0.05, 0) is 68.7 Å². The summed E-state index contributed by atoms with van der Waals surface area (Å²) in [5.74, 6) is 6.75. The first-order valence-corrected chi connectivity index (χ1v) is 11.3. The first-order valence-electron chi connectivity index (χ1n) is 11.3. The van der Waals surface area contributed by atoms with Gasteiger partial charge < -0.3 is 14.8 Å². The molecule has 0 unspecified atom stereocenters. The summed E-state index contributed by atoms with van der Waals surface area (Å²) < 4.78 is 0. The number of aromatic amines is 1. The van der Waals surface area contributed by atoms with E-state index < -0.39 is 0 Å². The number of aromatic nitrogens is 1. The second-order valence-corrected chi connectivity index (χ2v) is 8.50. The number of nitrogens with zero attached hydrogens (tertiary/aromatic N) is 2. The molecular formula is C27H33N3. The van der Waals surface area contributed by atoms with Gasteiger partial charge in [-0.3, -0.25) is 0 Å². The summed E-state index contributed by atoms with van der Waals surface area (Å²) in [5.41, 5.74) is 5.09. The van der Waals surface area contributed by atoms with Crippen LogP contribution >= 0.6 is 0 Å². The van der Waals surface area contributed by atoms with Gasteiger partial charge in [-0.2, -0.15) is 0 Å². The molecule has 0 saturated carbocycles. The van der Waals surface area contributed by atoms with Crippen molar-refractivity contribution in [3.8, 4) is 11.8 Å². The monoisotopic (exact) mass is 399 g/mol. The Morgan fingerprint density at radius 3 is 2.80 bits per heavy atom. The summed E-state index contributed by atoms with van der Waals surface area (Å²) in [6.07, 6.45) is 8.27. The molecule has 1 fully saturated rings. The predicted molar refractivity (Wildman–Crippen MR) is 127 cm³/mol. The van der Waals surface area contributed by atoms with Crippen LogP contribution in [0.5, 0.6) is 0 Å². The highest BCUT2D eigenvalue weighted by molar-refractivity contribution is 5.83. The Kier molecular flexibility index (Phi) is 7.24. The average Bonchev–Trinajstić information content (AvgIpc) is 3.20. The van der Waals surface area contributed by atoms with E-state index in [1.165, 1.54) is 54.4 Å². The van der Waals surface area contributed by atoms with Gasteiger partial charge in [0, 0.05) is 48.7 Å². The van der Waals surface area contributed by atoms with Crippen LogP contribution in [0.3, 0.4) is 0 Å². The van der Waals surface area contributed by atoms with Crippen LogP contribution < -0.4 is 0 Å². The quantitative estimate of drug-likeness (QED) is 0.560. The van der Waals surface area contributed by atoms with Crippen molar-refractivity contribution >= 4 is 10.9 Å². The van der Waals surface area contributed by atoms with Crippen molar-refractivity contribution in [3.63, 3.8) is 0 Å². The van der Waals surface area contributed by atoms with Crippen LogP contribution in [-0.2, 0) is 13.0 Å². The summed E-state index contributed by atoms with van der Waals surface area (Å²) in [5, 5.41) is 1.34. The van der Waals surface area contributed by atoms with E-state index in [9.17, 15) is 0 Å². The molecule has 1 aliphatic heterocycles. The van der Waals surface area contributed by atoms with Crippen LogP contribution in [0.25, 0.3) is 10.9 Å². The second kappa shape index (κ2) is 10.5. The van der Waals surface area contributed by atoms with Gasteiger partial charge in [0.05, 0.1) is 0 Å². The largest absolute Gasteiger partial charge is 0.361 e. The number of H-pyrrole nitrogens is 1. The van der Waals surface area contributed by atoms with Crippen molar-refractivity contribution in [2.45, 2.75) is 38.6 Å². The van der Waals surface area contributed by atoms with Crippen LogP contribution in [-0.4, -0.2) is 48.0 Å². The van der Waals surface area contributed by atoms with Crippen LogP contribution in [0.2, 0.25) is 0 Å². The topological polar surface area (TPSA) is 22.3 Å². The lowest BCUT2D eigenvalue weighted by Crippen LogP contribution is -2.30. The standard InChI is InChI=1S/C27H33N3/c1-29(19-15-25-21-28-27-14-4-3-13-26(25)27)22-24-12-9-11-23(20-24)10-5-8-18-30-16-6-2-7-17-30/h3-4,9,11-14,20-21,28H,2,6-8,15-19,22H2,1H3. The van der Waals surface area contributed by atoms with Crippen molar-refractivity contribution in [2.75, 3.05) is 33.2 Å². The molecule has 3 nitrogen and oxygen atoms in total. The highest BCUT2D eigenvalue weighted by Gasteiger charge is 2.08. The third kappa shape index (κ3) is 5.75. The van der Waals surface area contributed by atoms with Gasteiger partial charge in [0.2, 0.25) is 0 Å². The number of fused-ring (bicyclic) bond motifs is 1. The molecule has 1 aromatic heterocycles. The number of hydrogen-bond acceptors (Lipinski definition) is 2. The molecule has 0 spiro atoms. The minimum absolute atomic E-state index is 0.950. The second-order valence-electron chi connectivity index (χ2n) is 8.50. The zero-order valence-electron chi connectivity index (χ0n) is 18.2. The van der Waals surface area contributed by atoms with Crippen molar-refractivity contribution in [1.82, 2.24) is 14.8 Å². The van der Waals surface area contributed by atoms with Crippen LogP contribution in [0.4, 0.5) is 0 Å². The van der Waals surface area contributed by atoms with Crippen LogP contribution in [0.15, 0.2) is 54.7 Å². The molecule has 156 valence electrons. The van der Waals surface area contributed by atoms with E-state index in [-0.39, 0.29) is 0 Å². The number of benzene rings is 2. The number of likely N-dealkylation sites (tertiary alicyclic amines) is 1. The number of rotatable bonds is 7. The molecule has 3 heteroatoms. The Hall–Kier alpha value is -2.54. The Balaban J connectivity index is 1.26. The molecule has 2 aromatic carbocycles. The molecule has 1 aliphatic rings. The fraction of sp³-hybridized carbons (Fsp3) is 0.407. The Morgan fingerprint density at radius 1 is 1.03 bits per heavy atom. The lowest BCUT2D eigenvalue weighted by Gasteiger charge is -2.25. The molecule has 2 heterocycles. The molecular weight excluding hydrogens is 366 g/mol. The molecule has 0 amide bonds. The molecule has 0 atom stereocenters. The number of para-hydroxylation sites is 1. The van der Waals surface area contributed by atoms with E-state index in [1.54, 1.807) is 0 Å². The van der Waals surface area contributed by atoms with Gasteiger partial charge in [-0.1, -0.05) is 48.6 Å². The minimum Gasteiger partial charge on any atom is -0.361 e. The first-order chi connectivity index (χ1) is 14.8. The maximum atomic E-state index is 3.38. The molecule has 0 radical (unpaired) electrons. The highest BCUT2D eigenvalue weighted by Crippen LogP contribution is 2.18. The Morgan fingerprint density at radius 2 is 1.90 bits per heavy atom. The van der Waals surface area contributed by atoms with Gasteiger partial charge in [0.15, 0.2) is 0 Å². The van der Waals surface area contributed by atoms with Gasteiger partial charge in [0.1, 0.15) is 0 Å². The minimum atomic E-state index is 0.950. The molecule has 0 aliphatic carbocycles. The molecule has 30 heavy (non-hydrogen) atoms. The number of hydrogen-bond donors (Lipinski definition) is 1. The highest BCUT2D eigenvalue weighted by atomic mass is 15.1. The van der Waals surface area contributed by atoms with Crippen LogP contribution in [0, 0.1) is 11.8 Å². The number of nitrogens with one attached hydrogen (secondary N) is 1. The van der Waals surface area contributed by atoms with Crippen molar-refractivity contribution in [1.29, 1.82) is 0 Å². The van der Waals surface area contributed by atoms with Crippen molar-refractivity contribution < 1.29 is 0 Å². The van der Waals surface area contributed by atoms with E-state index in [0.717, 1.165) is 38.0 Å². The van der Waals surface area contributed by atoms with Crippen molar-refractivity contribution in [2.24, 2.45) is 0 Å². The van der Waals surface area contributed by atoms with E-state index >= 15 is 0 Å². The van der Waals surface area contributed by atoms with Gasteiger partial charge >= 0.3 is 0 Å². The summed E-state index contributed by atoms with van der Waals surface area (Å²) in [6, 6.07) is 17.3. The third-order valence-corrected chi connectivity index (χ3v) is 6.05. The summed E-state index contributed by atoms with van der Waals surface area (Å²) in [4.78, 5) is 8.32. The summed E-state index contributed by atoms with van der Waals surface area (Å²) in [7, 11) is 2.20. The SMILES string of the molecule is CN(CCc1c[nH]c2ccccc12)Cc1cccc(C#CCCN2CCCCC2)c1. The fourth-order valence-corrected chi connectivity index (χ4v) is 4.35. The maximum absolute atomic E-state index is 3.38. The smallest absolute Gasteiger partial charge is 0.0456 e. The Bertz CT molecular complexity index is 1000. The molecule has 1 saturated heterocycles. The van der Waals surface area contributed by atoms with Gasteiger partial charge in [-0.15, -0.1) is 0 Å². The molecule has 1 N–H and O–H groups in total. The van der Waals surface area contributed by atoms with Gasteiger partial charge in [0.25, 0.3) is 0 Å². The normalized spacial score (nSPS) is 14.7. The molecule has 4 rings (SSSR count). The van der Waals surface area contributed by atoms with E-state index in [2.05, 4.69) is 88.4 Å². The Labute approximate surface area is 181 Å². The van der Waals surface area contributed by atoms with Crippen LogP contribution in [0.1, 0.15) is 42.4 Å². The van der Waals surface area contributed by atoms with Gasteiger partial charge in [-0.25, -0.2) is 0 Å². The number of likely N-dealkylation sites (N-methyl/N-ethyl adjacent to an activating group) is 1. The number of piperidine rings is 1. The van der Waals surface area contributed by atoms with Crippen molar-refractivity contribution in [3.05, 3.63) is 71.4 Å². The zero-order chi connectivity index (χ0) is 20.6. The zero-order valence-corrected chi connectivity index (χ0v) is 18.2. The fourth-order valence-electron chi connectivity index (χ4n) is 4.35. The third-order valence-electron chi connectivity index (χ3n) is 6.05. The maximum Gasteiger partial charge on any atom is 0.0456 e. The summed E-state index contributed by atoms with van der Waals surface area (Å²) >= 11 is 0. The van der Waals surface area contributed by atoms with E-state index in [0.29, 0.717) is 0 Å².